The normalized spacial score (nSPS) is 17.8. The second-order valence-corrected chi connectivity index (χ2v) is 10.1. The van der Waals surface area contributed by atoms with Crippen LogP contribution >= 0.6 is 0 Å². The van der Waals surface area contributed by atoms with Crippen molar-refractivity contribution in [2.75, 3.05) is 39.2 Å². The maximum atomic E-state index is 13.5. The van der Waals surface area contributed by atoms with Crippen LogP contribution in [0.4, 0.5) is 10.5 Å². The molecule has 0 fully saturated rings. The first-order valence-corrected chi connectivity index (χ1v) is 12.9. The van der Waals surface area contributed by atoms with E-state index in [9.17, 15) is 14.7 Å². The molecule has 0 saturated carbocycles. The van der Waals surface area contributed by atoms with Gasteiger partial charge in [-0.15, -0.1) is 0 Å². The molecule has 2 heterocycles. The van der Waals surface area contributed by atoms with E-state index in [4.69, 9.17) is 9.47 Å². The number of urea groups is 1. The summed E-state index contributed by atoms with van der Waals surface area (Å²) in [6.07, 6.45) is 1.88. The van der Waals surface area contributed by atoms with E-state index in [1.165, 1.54) is 0 Å². The van der Waals surface area contributed by atoms with Gasteiger partial charge in [0.2, 0.25) is 5.88 Å². The van der Waals surface area contributed by atoms with Gasteiger partial charge in [-0.1, -0.05) is 32.6 Å². The van der Waals surface area contributed by atoms with E-state index in [-0.39, 0.29) is 36.9 Å². The monoisotopic (exact) mass is 522 g/mol. The van der Waals surface area contributed by atoms with Gasteiger partial charge in [0.15, 0.2) is 0 Å². The summed E-state index contributed by atoms with van der Waals surface area (Å²) in [7, 11) is 3.27. The van der Waals surface area contributed by atoms with Gasteiger partial charge in [-0.05, 0) is 43.2 Å². The number of nitrogens with zero attached hydrogens (tertiary/aromatic N) is 3. The van der Waals surface area contributed by atoms with Crippen molar-refractivity contribution in [3.05, 3.63) is 47.7 Å². The Labute approximate surface area is 225 Å². The van der Waals surface area contributed by atoms with Crippen molar-refractivity contribution >= 4 is 17.6 Å². The number of aromatic nitrogens is 1. The SMILES string of the molecule is COc1ccc(NC(=O)N(C)C[C@@H]2Oc3ncc(C#CCC(C)C)cc3C(=O)N([C@H](C)CO)C[C@@H]2C)cc1. The quantitative estimate of drug-likeness (QED) is 0.535. The number of rotatable bonds is 7. The molecule has 9 nitrogen and oxygen atoms in total. The van der Waals surface area contributed by atoms with Crippen LogP contribution in [0.2, 0.25) is 0 Å². The molecule has 1 aliphatic rings. The van der Waals surface area contributed by atoms with E-state index >= 15 is 0 Å². The Morgan fingerprint density at radius 3 is 2.66 bits per heavy atom. The predicted octanol–water partition coefficient (Wildman–Crippen LogP) is 3.87. The number of methoxy groups -OCH3 is 1. The summed E-state index contributed by atoms with van der Waals surface area (Å²) in [6.45, 7) is 8.38. The number of hydrogen-bond donors (Lipinski definition) is 2. The van der Waals surface area contributed by atoms with Crippen LogP contribution in [-0.2, 0) is 0 Å². The number of aliphatic hydroxyl groups excluding tert-OH is 1. The third-order valence-corrected chi connectivity index (χ3v) is 6.41. The molecule has 0 unspecified atom stereocenters. The molecular formula is C29H38N4O5. The fourth-order valence-corrected chi connectivity index (χ4v) is 3.99. The van der Waals surface area contributed by atoms with Crippen LogP contribution < -0.4 is 14.8 Å². The van der Waals surface area contributed by atoms with E-state index in [1.807, 2.05) is 6.92 Å². The largest absolute Gasteiger partial charge is 0.497 e. The third-order valence-electron chi connectivity index (χ3n) is 6.41. The van der Waals surface area contributed by atoms with Gasteiger partial charge in [0.05, 0.1) is 26.3 Å². The fourth-order valence-electron chi connectivity index (χ4n) is 3.99. The summed E-state index contributed by atoms with van der Waals surface area (Å²) >= 11 is 0. The zero-order chi connectivity index (χ0) is 27.8. The highest BCUT2D eigenvalue weighted by Gasteiger charge is 2.34. The first-order chi connectivity index (χ1) is 18.1. The van der Waals surface area contributed by atoms with Gasteiger partial charge in [0.1, 0.15) is 17.4 Å². The molecule has 1 aromatic heterocycles. The minimum atomic E-state index is -0.452. The number of hydrogen-bond acceptors (Lipinski definition) is 6. The molecule has 1 aliphatic heterocycles. The van der Waals surface area contributed by atoms with Crippen molar-refractivity contribution in [1.82, 2.24) is 14.8 Å². The van der Waals surface area contributed by atoms with Crippen LogP contribution in [0.5, 0.6) is 11.6 Å². The highest BCUT2D eigenvalue weighted by molar-refractivity contribution is 5.97. The zero-order valence-electron chi connectivity index (χ0n) is 23.0. The summed E-state index contributed by atoms with van der Waals surface area (Å²) in [5.74, 6) is 7.12. The molecule has 1 aromatic carbocycles. The number of carbonyl (C=O) groups excluding carboxylic acids is 2. The number of pyridine rings is 1. The lowest BCUT2D eigenvalue weighted by Crippen LogP contribution is -2.50. The average Bonchev–Trinajstić information content (AvgIpc) is 2.90. The molecule has 0 spiro atoms. The highest BCUT2D eigenvalue weighted by Crippen LogP contribution is 2.27. The molecule has 2 aromatic rings. The lowest BCUT2D eigenvalue weighted by molar-refractivity contribution is 0.0356. The fraction of sp³-hybridized carbons (Fsp3) is 0.483. The number of benzene rings is 1. The van der Waals surface area contributed by atoms with Crippen LogP contribution in [0, 0.1) is 23.7 Å². The lowest BCUT2D eigenvalue weighted by Gasteiger charge is -2.37. The minimum Gasteiger partial charge on any atom is -0.497 e. The molecule has 9 heteroatoms. The third kappa shape index (κ3) is 7.39. The van der Waals surface area contributed by atoms with Crippen molar-refractivity contribution in [1.29, 1.82) is 0 Å². The Balaban J connectivity index is 1.84. The van der Waals surface area contributed by atoms with Crippen LogP contribution in [0.25, 0.3) is 0 Å². The van der Waals surface area contributed by atoms with Gasteiger partial charge < -0.3 is 29.7 Å². The molecule has 204 valence electrons. The van der Waals surface area contributed by atoms with Gasteiger partial charge in [-0.3, -0.25) is 4.79 Å². The molecule has 3 rings (SSSR count). The minimum absolute atomic E-state index is 0.148. The first kappa shape index (κ1) is 28.8. The van der Waals surface area contributed by atoms with Gasteiger partial charge in [-0.2, -0.15) is 0 Å². The summed E-state index contributed by atoms with van der Waals surface area (Å²) < 4.78 is 11.4. The Morgan fingerprint density at radius 2 is 2.03 bits per heavy atom. The van der Waals surface area contributed by atoms with Gasteiger partial charge >= 0.3 is 6.03 Å². The number of nitrogens with one attached hydrogen (secondary N) is 1. The Hall–Kier alpha value is -3.77. The number of ether oxygens (including phenoxy) is 2. The highest BCUT2D eigenvalue weighted by atomic mass is 16.5. The lowest BCUT2D eigenvalue weighted by atomic mass is 10.00. The molecule has 0 bridgehead atoms. The second-order valence-electron chi connectivity index (χ2n) is 10.1. The standard InChI is InChI=1S/C29H38N4O5/c1-19(2)8-7-9-22-14-25-27(30-15-22)38-26(20(3)16-33(28(25)35)21(4)18-34)17-32(5)29(36)31-23-10-12-24(37-6)13-11-23/h10-15,19-21,26,34H,8,16-18H2,1-6H3,(H,31,36)/t20-,21+,26-/m0/s1. The Kier molecular flexibility index (Phi) is 9.97. The van der Waals surface area contributed by atoms with E-state index in [0.717, 1.165) is 6.42 Å². The molecule has 3 atom stereocenters. The average molecular weight is 523 g/mol. The molecule has 0 aliphatic carbocycles. The number of amides is 3. The van der Waals surface area contributed by atoms with Crippen LogP contribution in [-0.4, -0.2) is 77.8 Å². The molecule has 2 N–H and O–H groups in total. The van der Waals surface area contributed by atoms with E-state index in [0.29, 0.717) is 35.0 Å². The first-order valence-electron chi connectivity index (χ1n) is 12.9. The predicted molar refractivity (Wildman–Crippen MR) is 146 cm³/mol. The number of likely N-dealkylation sites (N-methyl/N-ethyl adjacent to an activating group) is 1. The summed E-state index contributed by atoms with van der Waals surface area (Å²) in [6, 6.07) is 8.07. The van der Waals surface area contributed by atoms with E-state index < -0.39 is 12.1 Å². The molecule has 0 radical (unpaired) electrons. The molecular weight excluding hydrogens is 484 g/mol. The van der Waals surface area contributed by atoms with Crippen molar-refractivity contribution < 1.29 is 24.2 Å². The van der Waals surface area contributed by atoms with Crippen LogP contribution in [0.3, 0.4) is 0 Å². The molecule has 0 saturated heterocycles. The number of aliphatic hydroxyl groups is 1. The van der Waals surface area contributed by atoms with Gasteiger partial charge in [0, 0.05) is 43.4 Å². The number of carbonyl (C=O) groups is 2. The summed E-state index contributed by atoms with van der Waals surface area (Å²) in [5, 5.41) is 12.7. The van der Waals surface area contributed by atoms with Gasteiger partial charge in [-0.25, -0.2) is 9.78 Å². The van der Waals surface area contributed by atoms with Crippen molar-refractivity contribution in [2.45, 2.75) is 46.3 Å². The summed E-state index contributed by atoms with van der Waals surface area (Å²) in [4.78, 5) is 34.1. The van der Waals surface area contributed by atoms with E-state index in [1.54, 1.807) is 67.4 Å². The Bertz CT molecular complexity index is 1170. The van der Waals surface area contributed by atoms with Crippen molar-refractivity contribution in [3.63, 3.8) is 0 Å². The van der Waals surface area contributed by atoms with Crippen molar-refractivity contribution in [2.24, 2.45) is 11.8 Å². The number of anilines is 1. The van der Waals surface area contributed by atoms with E-state index in [2.05, 4.69) is 36.0 Å². The molecule has 38 heavy (non-hydrogen) atoms. The van der Waals surface area contributed by atoms with Crippen molar-refractivity contribution in [3.8, 4) is 23.5 Å². The van der Waals surface area contributed by atoms with Crippen LogP contribution in [0.1, 0.15) is 50.0 Å². The van der Waals surface area contributed by atoms with Gasteiger partial charge in [0.25, 0.3) is 5.91 Å². The van der Waals surface area contributed by atoms with Crippen LogP contribution in [0.15, 0.2) is 36.5 Å². The maximum absolute atomic E-state index is 13.5. The smallest absolute Gasteiger partial charge is 0.321 e. The Morgan fingerprint density at radius 1 is 1.32 bits per heavy atom. The topological polar surface area (TPSA) is 104 Å². The zero-order valence-corrected chi connectivity index (χ0v) is 23.0. The second kappa shape index (κ2) is 13.2. The summed E-state index contributed by atoms with van der Waals surface area (Å²) in [5.41, 5.74) is 1.56. The maximum Gasteiger partial charge on any atom is 0.321 e. The number of fused-ring (bicyclic) bond motifs is 1. The molecule has 3 amide bonds.